The van der Waals surface area contributed by atoms with Crippen molar-refractivity contribution < 1.29 is 0 Å². The largest absolute Gasteiger partial charge is 0.383 e. The zero-order chi connectivity index (χ0) is 8.72. The Morgan fingerprint density at radius 2 is 2.08 bits per heavy atom. The molecule has 2 aromatic heterocycles. The minimum absolute atomic E-state index is 0.417. The van der Waals surface area contributed by atoms with Gasteiger partial charge in [-0.15, -0.1) is 0 Å². The molecule has 0 aliphatic carbocycles. The van der Waals surface area contributed by atoms with Crippen LogP contribution in [0.1, 0.15) is 5.82 Å². The van der Waals surface area contributed by atoms with Gasteiger partial charge in [0.05, 0.1) is 5.39 Å². The van der Waals surface area contributed by atoms with Crippen molar-refractivity contribution in [2.24, 2.45) is 0 Å². The second-order valence-corrected chi connectivity index (χ2v) is 2.87. The molecule has 0 atom stereocenters. The van der Waals surface area contributed by atoms with Crippen molar-refractivity contribution in [2.75, 3.05) is 5.73 Å². The van der Waals surface area contributed by atoms with E-state index in [9.17, 15) is 0 Å². The van der Waals surface area contributed by atoms with Crippen LogP contribution in [0.3, 0.4) is 0 Å². The van der Waals surface area contributed by atoms with E-state index in [1.54, 1.807) is 6.92 Å². The fourth-order valence-corrected chi connectivity index (χ4v) is 1.34. The van der Waals surface area contributed by atoms with Gasteiger partial charge in [-0.05, 0) is 6.92 Å². The maximum Gasteiger partial charge on any atom is 0.160 e. The molecule has 12 heavy (non-hydrogen) atoms. The number of hydrogen-bond donors (Lipinski definition) is 3. The van der Waals surface area contributed by atoms with Crippen LogP contribution in [0.2, 0.25) is 0 Å². The summed E-state index contributed by atoms with van der Waals surface area (Å²) in [5.74, 6) is 1.05. The van der Waals surface area contributed by atoms with E-state index in [2.05, 4.69) is 20.2 Å². The quantitative estimate of drug-likeness (QED) is 0.527. The number of anilines is 1. The Bertz CT molecular complexity index is 482. The van der Waals surface area contributed by atoms with Crippen molar-refractivity contribution in [1.82, 2.24) is 20.2 Å². The molecular formula is C6H7N5S. The first-order valence-electron chi connectivity index (χ1n) is 3.39. The van der Waals surface area contributed by atoms with Gasteiger partial charge in [0.1, 0.15) is 16.3 Å². The molecule has 2 heterocycles. The molecule has 0 aliphatic heterocycles. The summed E-state index contributed by atoms with van der Waals surface area (Å²) in [5.41, 5.74) is 6.30. The van der Waals surface area contributed by atoms with Crippen LogP contribution in [0.25, 0.3) is 11.0 Å². The molecule has 2 rings (SSSR count). The molecule has 4 N–H and O–H groups in total. The molecule has 0 amide bonds. The fourth-order valence-electron chi connectivity index (χ4n) is 1.09. The van der Waals surface area contributed by atoms with Crippen molar-refractivity contribution in [3.8, 4) is 0 Å². The minimum Gasteiger partial charge on any atom is -0.383 e. The van der Waals surface area contributed by atoms with E-state index in [0.29, 0.717) is 27.3 Å². The lowest BCUT2D eigenvalue weighted by Gasteiger charge is -1.94. The van der Waals surface area contributed by atoms with Gasteiger partial charge in [0, 0.05) is 0 Å². The number of aromatic amines is 2. The highest BCUT2D eigenvalue weighted by Gasteiger charge is 2.04. The number of H-pyrrole nitrogens is 2. The Kier molecular flexibility index (Phi) is 1.37. The summed E-state index contributed by atoms with van der Waals surface area (Å²) in [4.78, 5) is 8.11. The van der Waals surface area contributed by atoms with E-state index < -0.39 is 0 Å². The van der Waals surface area contributed by atoms with E-state index in [4.69, 9.17) is 18.0 Å². The van der Waals surface area contributed by atoms with Crippen molar-refractivity contribution in [1.29, 1.82) is 0 Å². The first kappa shape index (κ1) is 7.23. The van der Waals surface area contributed by atoms with Crippen LogP contribution in [-0.2, 0) is 0 Å². The van der Waals surface area contributed by atoms with E-state index in [1.807, 2.05) is 0 Å². The normalized spacial score (nSPS) is 10.8. The summed E-state index contributed by atoms with van der Waals surface area (Å²) in [6.45, 7) is 1.78. The molecule has 5 nitrogen and oxygen atoms in total. The lowest BCUT2D eigenvalue weighted by Crippen LogP contribution is -1.95. The van der Waals surface area contributed by atoms with Gasteiger partial charge in [-0.3, -0.25) is 10.2 Å². The summed E-state index contributed by atoms with van der Waals surface area (Å²) in [7, 11) is 0. The maximum atomic E-state index is 5.64. The number of hydrogen-bond acceptors (Lipinski definition) is 4. The van der Waals surface area contributed by atoms with Crippen molar-refractivity contribution >= 4 is 29.1 Å². The predicted molar refractivity (Wildman–Crippen MR) is 48.2 cm³/mol. The van der Waals surface area contributed by atoms with E-state index in [0.717, 1.165) is 0 Å². The Labute approximate surface area is 73.0 Å². The molecule has 0 radical (unpaired) electrons. The maximum absolute atomic E-state index is 5.64. The predicted octanol–water partition coefficient (Wildman–Crippen LogP) is 0.906. The van der Waals surface area contributed by atoms with Gasteiger partial charge in [0.15, 0.2) is 5.65 Å². The van der Waals surface area contributed by atoms with Crippen LogP contribution < -0.4 is 5.73 Å². The number of nitrogens with zero attached hydrogens (tertiary/aromatic N) is 2. The Morgan fingerprint density at radius 1 is 1.33 bits per heavy atom. The van der Waals surface area contributed by atoms with Crippen molar-refractivity contribution in [3.63, 3.8) is 0 Å². The standard InChI is InChI=1S/C6H7N5S/c1-2-8-4(7)3-5(9-2)10-11-6(3)12/h1H3,(H4,7,8,9,10,11,12). The van der Waals surface area contributed by atoms with Gasteiger partial charge >= 0.3 is 0 Å². The van der Waals surface area contributed by atoms with Gasteiger partial charge in [-0.25, -0.2) is 9.97 Å². The lowest BCUT2D eigenvalue weighted by molar-refractivity contribution is 1.05. The van der Waals surface area contributed by atoms with Crippen LogP contribution in [0, 0.1) is 11.6 Å². The summed E-state index contributed by atoms with van der Waals surface area (Å²) < 4.78 is 0.544. The smallest absolute Gasteiger partial charge is 0.160 e. The first-order valence-corrected chi connectivity index (χ1v) is 3.80. The molecule has 0 aliphatic rings. The average molecular weight is 181 g/mol. The highest BCUT2D eigenvalue weighted by Crippen LogP contribution is 2.15. The summed E-state index contributed by atoms with van der Waals surface area (Å²) in [6.07, 6.45) is 0. The monoisotopic (exact) mass is 181 g/mol. The zero-order valence-corrected chi connectivity index (χ0v) is 7.20. The minimum atomic E-state index is 0.417. The van der Waals surface area contributed by atoms with Gasteiger partial charge in [0.25, 0.3) is 0 Å². The van der Waals surface area contributed by atoms with Gasteiger partial charge in [0.2, 0.25) is 0 Å². The Hall–Kier alpha value is -1.43. The van der Waals surface area contributed by atoms with E-state index >= 15 is 0 Å². The molecule has 6 heteroatoms. The fraction of sp³-hybridized carbons (Fsp3) is 0.167. The zero-order valence-electron chi connectivity index (χ0n) is 6.38. The SMILES string of the molecule is Cc1nc(N)c2c(=S)[nH][nH]c2n1. The number of nitrogens with one attached hydrogen (secondary N) is 2. The van der Waals surface area contributed by atoms with Crippen LogP contribution in [-0.4, -0.2) is 20.2 Å². The lowest BCUT2D eigenvalue weighted by atomic mass is 10.4. The molecular weight excluding hydrogens is 174 g/mol. The summed E-state index contributed by atoms with van der Waals surface area (Å²) >= 11 is 4.97. The molecule has 2 aromatic rings. The van der Waals surface area contributed by atoms with E-state index in [-0.39, 0.29) is 0 Å². The summed E-state index contributed by atoms with van der Waals surface area (Å²) in [5, 5.41) is 6.25. The number of nitrogens with two attached hydrogens (primary N) is 1. The molecule has 0 fully saturated rings. The number of nitrogen functional groups attached to an aromatic ring is 1. The average Bonchev–Trinajstić information content (AvgIpc) is 2.31. The van der Waals surface area contributed by atoms with Crippen LogP contribution in [0.15, 0.2) is 0 Å². The molecule has 0 aromatic carbocycles. The van der Waals surface area contributed by atoms with Crippen molar-refractivity contribution in [3.05, 3.63) is 10.5 Å². The van der Waals surface area contributed by atoms with Crippen molar-refractivity contribution in [2.45, 2.75) is 6.92 Å². The highest BCUT2D eigenvalue weighted by molar-refractivity contribution is 7.71. The second kappa shape index (κ2) is 2.28. The number of fused-ring (bicyclic) bond motifs is 1. The third kappa shape index (κ3) is 0.884. The Balaban J connectivity index is 3.03. The van der Waals surface area contributed by atoms with Gasteiger partial charge in [-0.2, -0.15) is 0 Å². The number of aryl methyl sites for hydroxylation is 1. The molecule has 0 unspecified atom stereocenters. The molecule has 0 saturated carbocycles. The number of aromatic nitrogens is 4. The van der Waals surface area contributed by atoms with Crippen LogP contribution in [0.5, 0.6) is 0 Å². The topological polar surface area (TPSA) is 83.4 Å². The molecule has 0 spiro atoms. The molecule has 62 valence electrons. The highest BCUT2D eigenvalue weighted by atomic mass is 32.1. The Morgan fingerprint density at radius 3 is 2.83 bits per heavy atom. The third-order valence-electron chi connectivity index (χ3n) is 1.57. The number of rotatable bonds is 0. The van der Waals surface area contributed by atoms with Gasteiger partial charge in [-0.1, -0.05) is 12.2 Å². The van der Waals surface area contributed by atoms with Gasteiger partial charge < -0.3 is 5.73 Å². The molecule has 0 saturated heterocycles. The molecule has 0 bridgehead atoms. The van der Waals surface area contributed by atoms with Crippen LogP contribution in [0.4, 0.5) is 5.82 Å². The second-order valence-electron chi connectivity index (χ2n) is 2.46. The third-order valence-corrected chi connectivity index (χ3v) is 1.88. The van der Waals surface area contributed by atoms with E-state index in [1.165, 1.54) is 0 Å². The first-order chi connectivity index (χ1) is 5.68. The van der Waals surface area contributed by atoms with Crippen LogP contribution >= 0.6 is 12.2 Å². The summed E-state index contributed by atoms with van der Waals surface area (Å²) in [6, 6.07) is 0.